The molecule has 0 aliphatic rings. The Morgan fingerprint density at radius 1 is 1.65 bits per heavy atom. The predicted octanol–water partition coefficient (Wildman–Crippen LogP) is 2.48. The van der Waals surface area contributed by atoms with E-state index in [-0.39, 0.29) is 11.4 Å². The van der Waals surface area contributed by atoms with Crippen molar-refractivity contribution in [3.63, 3.8) is 0 Å². The van der Waals surface area contributed by atoms with Crippen LogP contribution in [0.1, 0.15) is 25.3 Å². The number of halogens is 1. The number of amides is 1. The van der Waals surface area contributed by atoms with E-state index in [0.29, 0.717) is 6.61 Å². The molecule has 0 aliphatic heterocycles. The Morgan fingerprint density at radius 3 is 3.06 bits per heavy atom. The molecular weight excluding hydrogens is 223 g/mol. The fourth-order valence-corrected chi connectivity index (χ4v) is 1.11. The summed E-state index contributed by atoms with van der Waals surface area (Å²) in [5.41, 5.74) is 0.272. The summed E-state index contributed by atoms with van der Waals surface area (Å²) >= 11 is 0. The number of ether oxygens (including phenoxy) is 1. The molecule has 1 aromatic carbocycles. The minimum absolute atomic E-state index is 0.195. The average molecular weight is 237 g/mol. The minimum atomic E-state index is -0.698. The highest BCUT2D eigenvalue weighted by Crippen LogP contribution is 2.02. The lowest BCUT2D eigenvalue weighted by atomic mass is 10.2. The summed E-state index contributed by atoms with van der Waals surface area (Å²) in [6.45, 7) is 2.29. The minimum Gasteiger partial charge on any atom is -0.449 e. The summed E-state index contributed by atoms with van der Waals surface area (Å²) in [5.74, 6) is -0.771. The Kier molecular flexibility index (Phi) is 5.13. The second-order valence-corrected chi connectivity index (χ2v) is 3.41. The molecule has 0 saturated carbocycles. The van der Waals surface area contributed by atoms with Crippen molar-refractivity contribution in [2.45, 2.75) is 19.8 Å². The maximum Gasteiger partial charge on any atom is 0.412 e. The molecule has 0 atom stereocenters. The Morgan fingerprint density at radius 2 is 2.41 bits per heavy atom. The zero-order chi connectivity index (χ0) is 12.7. The molecule has 0 unspecified atom stereocenters. The van der Waals surface area contributed by atoms with Gasteiger partial charge in [-0.05, 0) is 12.5 Å². The fourth-order valence-electron chi connectivity index (χ4n) is 1.11. The maximum absolute atomic E-state index is 12.8. The van der Waals surface area contributed by atoms with Crippen molar-refractivity contribution < 1.29 is 13.9 Å². The molecule has 1 aromatic rings. The molecule has 0 aromatic heterocycles. The van der Waals surface area contributed by atoms with Crippen LogP contribution in [0.25, 0.3) is 0 Å². The summed E-state index contributed by atoms with van der Waals surface area (Å²) in [4.78, 5) is 11.2. The molecule has 5 heteroatoms. The average Bonchev–Trinajstić information content (AvgIpc) is 2.29. The van der Waals surface area contributed by atoms with Gasteiger partial charge in [-0.2, -0.15) is 0 Å². The van der Waals surface area contributed by atoms with Gasteiger partial charge in [0.15, 0.2) is 0 Å². The number of carbonyl (C=O) groups is 1. The standard InChI is InChI=1S/C12H14FN2O2/c1-2-3-7-17-12(16)15-11(14)9-5-4-6-10(13)8-9/h4-5,8H,2-3,7H2,1H3,(H2,14,15,16). The number of benzene rings is 1. The van der Waals surface area contributed by atoms with Crippen molar-refractivity contribution in [2.75, 3.05) is 6.61 Å². The Hall–Kier alpha value is -1.91. The summed E-state index contributed by atoms with van der Waals surface area (Å²) in [7, 11) is 0. The van der Waals surface area contributed by atoms with Gasteiger partial charge in [0.2, 0.25) is 0 Å². The second kappa shape index (κ2) is 6.62. The summed E-state index contributed by atoms with van der Waals surface area (Å²) in [6, 6.07) is 6.27. The van der Waals surface area contributed by atoms with Crippen LogP contribution in [-0.2, 0) is 4.74 Å². The smallest absolute Gasteiger partial charge is 0.412 e. The Bertz CT molecular complexity index is 407. The number of amidine groups is 1. The van der Waals surface area contributed by atoms with Crippen LogP contribution in [0.2, 0.25) is 0 Å². The highest BCUT2D eigenvalue weighted by molar-refractivity contribution is 6.04. The van der Waals surface area contributed by atoms with E-state index >= 15 is 0 Å². The maximum atomic E-state index is 12.8. The van der Waals surface area contributed by atoms with Crippen LogP contribution < -0.4 is 5.32 Å². The van der Waals surface area contributed by atoms with Gasteiger partial charge in [-0.3, -0.25) is 10.7 Å². The van der Waals surface area contributed by atoms with Gasteiger partial charge in [0.05, 0.1) is 6.61 Å². The third kappa shape index (κ3) is 4.63. The molecule has 0 bridgehead atoms. The van der Waals surface area contributed by atoms with E-state index in [2.05, 4.69) is 11.4 Å². The first kappa shape index (κ1) is 13.2. The molecule has 1 amide bonds. The van der Waals surface area contributed by atoms with Crippen molar-refractivity contribution in [1.82, 2.24) is 5.32 Å². The summed E-state index contributed by atoms with van der Waals surface area (Å²) < 4.78 is 17.6. The van der Waals surface area contributed by atoms with Crippen LogP contribution in [0.3, 0.4) is 0 Å². The number of hydrogen-bond donors (Lipinski definition) is 2. The van der Waals surface area contributed by atoms with Crippen molar-refractivity contribution in [1.29, 1.82) is 5.41 Å². The van der Waals surface area contributed by atoms with E-state index < -0.39 is 11.9 Å². The number of rotatable bonds is 4. The van der Waals surface area contributed by atoms with Crippen molar-refractivity contribution in [2.24, 2.45) is 0 Å². The van der Waals surface area contributed by atoms with Gasteiger partial charge in [-0.1, -0.05) is 25.5 Å². The van der Waals surface area contributed by atoms with E-state index in [9.17, 15) is 9.18 Å². The quantitative estimate of drug-likeness (QED) is 0.480. The number of alkyl carbamates (subject to hydrolysis) is 1. The van der Waals surface area contributed by atoms with Crippen molar-refractivity contribution >= 4 is 11.9 Å². The Balaban J connectivity index is 2.46. The zero-order valence-corrected chi connectivity index (χ0v) is 9.55. The topological polar surface area (TPSA) is 62.2 Å². The largest absolute Gasteiger partial charge is 0.449 e. The normalized spacial score (nSPS) is 9.76. The van der Waals surface area contributed by atoms with Gasteiger partial charge in [-0.25, -0.2) is 9.18 Å². The lowest BCUT2D eigenvalue weighted by Crippen LogP contribution is -2.31. The van der Waals surface area contributed by atoms with Gasteiger partial charge in [0, 0.05) is 11.6 Å². The molecule has 0 saturated heterocycles. The van der Waals surface area contributed by atoms with Crippen molar-refractivity contribution in [3.05, 3.63) is 35.6 Å². The van der Waals surface area contributed by atoms with Crippen molar-refractivity contribution in [3.8, 4) is 0 Å². The molecule has 2 N–H and O–H groups in total. The van der Waals surface area contributed by atoms with Gasteiger partial charge < -0.3 is 4.74 Å². The van der Waals surface area contributed by atoms with Gasteiger partial charge in [0.1, 0.15) is 11.7 Å². The number of hydrogen-bond acceptors (Lipinski definition) is 3. The molecule has 0 heterocycles. The number of nitrogens with one attached hydrogen (secondary N) is 2. The summed E-state index contributed by atoms with van der Waals surface area (Å²) in [5, 5.41) is 9.77. The van der Waals surface area contributed by atoms with Crippen LogP contribution >= 0.6 is 0 Å². The van der Waals surface area contributed by atoms with Gasteiger partial charge in [-0.15, -0.1) is 0 Å². The van der Waals surface area contributed by atoms with Gasteiger partial charge in [0.25, 0.3) is 0 Å². The SMILES string of the molecule is CCCCOC(=O)NC(=N)c1cc[c]c(F)c1. The fraction of sp³-hybridized carbons (Fsp3) is 0.333. The van der Waals surface area contributed by atoms with Crippen LogP contribution in [0.4, 0.5) is 9.18 Å². The molecular formula is C12H14FN2O2. The zero-order valence-electron chi connectivity index (χ0n) is 9.55. The first-order chi connectivity index (χ1) is 8.13. The monoisotopic (exact) mass is 237 g/mol. The van der Waals surface area contributed by atoms with Gasteiger partial charge >= 0.3 is 6.09 Å². The third-order valence-corrected chi connectivity index (χ3v) is 2.01. The first-order valence-electron chi connectivity index (χ1n) is 5.33. The lowest BCUT2D eigenvalue weighted by Gasteiger charge is -2.07. The Labute approximate surface area is 99.3 Å². The predicted molar refractivity (Wildman–Crippen MR) is 61.5 cm³/mol. The van der Waals surface area contributed by atoms with Crippen LogP contribution in [0.15, 0.2) is 18.2 Å². The first-order valence-corrected chi connectivity index (χ1v) is 5.33. The number of unbranched alkanes of at least 4 members (excludes halogenated alkanes) is 1. The van der Waals surface area contributed by atoms with Crippen LogP contribution in [0, 0.1) is 17.3 Å². The van der Waals surface area contributed by atoms with E-state index in [0.717, 1.165) is 18.9 Å². The molecule has 0 spiro atoms. The third-order valence-electron chi connectivity index (χ3n) is 2.01. The molecule has 0 aliphatic carbocycles. The second-order valence-electron chi connectivity index (χ2n) is 3.41. The van der Waals surface area contributed by atoms with E-state index in [1.165, 1.54) is 12.1 Å². The molecule has 0 fully saturated rings. The van der Waals surface area contributed by atoms with E-state index in [1.54, 1.807) is 0 Å². The molecule has 17 heavy (non-hydrogen) atoms. The molecule has 91 valence electrons. The number of carbonyl (C=O) groups excluding carboxylic acids is 1. The molecule has 1 radical (unpaired) electrons. The summed E-state index contributed by atoms with van der Waals surface area (Å²) in [6.07, 6.45) is 0.997. The van der Waals surface area contributed by atoms with Crippen LogP contribution in [0.5, 0.6) is 0 Å². The van der Waals surface area contributed by atoms with E-state index in [4.69, 9.17) is 10.1 Å². The van der Waals surface area contributed by atoms with Crippen LogP contribution in [-0.4, -0.2) is 18.5 Å². The molecule has 1 rings (SSSR count). The lowest BCUT2D eigenvalue weighted by molar-refractivity contribution is 0.150. The molecule has 4 nitrogen and oxygen atoms in total. The highest BCUT2D eigenvalue weighted by atomic mass is 19.1. The van der Waals surface area contributed by atoms with E-state index in [1.807, 2.05) is 6.92 Å². The highest BCUT2D eigenvalue weighted by Gasteiger charge is 2.08.